The Morgan fingerprint density at radius 1 is 1.14 bits per heavy atom. The minimum Gasteiger partial charge on any atom is -0.468 e. The number of carbonyl (C=O) groups is 1. The predicted molar refractivity (Wildman–Crippen MR) is 100 cm³/mol. The summed E-state index contributed by atoms with van der Waals surface area (Å²) in [5, 5.41) is 4.41. The summed E-state index contributed by atoms with van der Waals surface area (Å²) in [5.41, 5.74) is -1.29. The SMILES string of the molecule is O=C(CN(Cc1ccco1)Cc1cccs1)NCc1ccc(F)cc1C(F)(F)F. The monoisotopic (exact) mass is 426 g/mol. The minimum absolute atomic E-state index is 0.0266. The summed E-state index contributed by atoms with van der Waals surface area (Å²) in [6, 6.07) is 9.77. The number of benzene rings is 1. The van der Waals surface area contributed by atoms with Crippen LogP contribution in [-0.4, -0.2) is 17.4 Å². The molecule has 4 nitrogen and oxygen atoms in total. The topological polar surface area (TPSA) is 45.5 Å². The number of alkyl halides is 3. The Kier molecular flexibility index (Phi) is 6.71. The molecule has 0 radical (unpaired) electrons. The van der Waals surface area contributed by atoms with Gasteiger partial charge in [0.25, 0.3) is 0 Å². The van der Waals surface area contributed by atoms with Crippen LogP contribution in [0.15, 0.2) is 58.5 Å². The van der Waals surface area contributed by atoms with Gasteiger partial charge in [-0.2, -0.15) is 13.2 Å². The van der Waals surface area contributed by atoms with Crippen LogP contribution in [0.5, 0.6) is 0 Å². The summed E-state index contributed by atoms with van der Waals surface area (Å²) >= 11 is 1.54. The van der Waals surface area contributed by atoms with Crippen molar-refractivity contribution in [1.82, 2.24) is 10.2 Å². The van der Waals surface area contributed by atoms with Crippen LogP contribution in [0.25, 0.3) is 0 Å². The van der Waals surface area contributed by atoms with Crippen LogP contribution < -0.4 is 5.32 Å². The van der Waals surface area contributed by atoms with Gasteiger partial charge >= 0.3 is 6.18 Å². The molecule has 0 aliphatic carbocycles. The highest BCUT2D eigenvalue weighted by Crippen LogP contribution is 2.32. The lowest BCUT2D eigenvalue weighted by molar-refractivity contribution is -0.138. The molecule has 0 spiro atoms. The standard InChI is InChI=1S/C20H18F4N2O2S/c21-15-6-5-14(18(9-15)20(22,23)24)10-25-19(27)13-26(11-16-3-1-7-28-16)12-17-4-2-8-29-17/h1-9H,10-13H2,(H,25,27). The highest BCUT2D eigenvalue weighted by molar-refractivity contribution is 7.09. The highest BCUT2D eigenvalue weighted by atomic mass is 32.1. The Morgan fingerprint density at radius 3 is 2.62 bits per heavy atom. The zero-order chi connectivity index (χ0) is 20.9. The molecule has 2 aromatic heterocycles. The van der Waals surface area contributed by atoms with Crippen molar-refractivity contribution in [1.29, 1.82) is 0 Å². The molecule has 2 heterocycles. The van der Waals surface area contributed by atoms with E-state index in [0.717, 1.165) is 17.0 Å². The van der Waals surface area contributed by atoms with Crippen LogP contribution in [0.4, 0.5) is 17.6 Å². The van der Waals surface area contributed by atoms with Gasteiger partial charge in [-0.25, -0.2) is 4.39 Å². The number of hydrogen-bond donors (Lipinski definition) is 1. The van der Waals surface area contributed by atoms with Gasteiger partial charge in [-0.1, -0.05) is 12.1 Å². The van der Waals surface area contributed by atoms with Gasteiger partial charge in [0.1, 0.15) is 11.6 Å². The molecule has 0 atom stereocenters. The third kappa shape index (κ3) is 6.16. The molecule has 0 bridgehead atoms. The first-order valence-corrected chi connectivity index (χ1v) is 9.58. The van der Waals surface area contributed by atoms with Crippen LogP contribution in [0.2, 0.25) is 0 Å². The summed E-state index contributed by atoms with van der Waals surface area (Å²) in [7, 11) is 0. The Morgan fingerprint density at radius 2 is 1.97 bits per heavy atom. The van der Waals surface area contributed by atoms with Gasteiger partial charge in [-0.15, -0.1) is 11.3 Å². The molecule has 1 aromatic carbocycles. The summed E-state index contributed by atoms with van der Waals surface area (Å²) in [5.74, 6) is -0.745. The van der Waals surface area contributed by atoms with Crippen LogP contribution in [0.1, 0.15) is 21.8 Å². The van der Waals surface area contributed by atoms with Crippen molar-refractivity contribution in [3.8, 4) is 0 Å². The number of nitrogens with zero attached hydrogens (tertiary/aromatic N) is 1. The van der Waals surface area contributed by atoms with E-state index >= 15 is 0 Å². The van der Waals surface area contributed by atoms with Gasteiger partial charge in [-0.3, -0.25) is 9.69 Å². The van der Waals surface area contributed by atoms with Crippen LogP contribution in [-0.2, 0) is 30.6 Å². The minimum atomic E-state index is -4.70. The lowest BCUT2D eigenvalue weighted by Crippen LogP contribution is -2.36. The fraction of sp³-hybridized carbons (Fsp3) is 0.250. The fourth-order valence-corrected chi connectivity index (χ4v) is 3.58. The van der Waals surface area contributed by atoms with E-state index in [1.54, 1.807) is 23.5 Å². The average Bonchev–Trinajstić information content (AvgIpc) is 3.34. The van der Waals surface area contributed by atoms with Gasteiger partial charge in [0.15, 0.2) is 0 Å². The van der Waals surface area contributed by atoms with Crippen LogP contribution in [0.3, 0.4) is 0 Å². The third-order valence-electron chi connectivity index (χ3n) is 4.14. The van der Waals surface area contributed by atoms with Crippen LogP contribution >= 0.6 is 11.3 Å². The number of halogens is 4. The molecule has 0 aliphatic rings. The Hall–Kier alpha value is -2.65. The molecule has 29 heavy (non-hydrogen) atoms. The Bertz CT molecular complexity index is 888. The van der Waals surface area contributed by atoms with E-state index in [9.17, 15) is 22.4 Å². The highest BCUT2D eigenvalue weighted by Gasteiger charge is 2.33. The second kappa shape index (κ2) is 9.23. The summed E-state index contributed by atoms with van der Waals surface area (Å²) in [6.07, 6.45) is -3.17. The smallest absolute Gasteiger partial charge is 0.416 e. The van der Waals surface area contributed by atoms with Crippen molar-refractivity contribution in [3.63, 3.8) is 0 Å². The first kappa shape index (κ1) is 21.1. The number of rotatable bonds is 8. The van der Waals surface area contributed by atoms with E-state index in [2.05, 4.69) is 5.32 Å². The van der Waals surface area contributed by atoms with E-state index < -0.39 is 23.5 Å². The van der Waals surface area contributed by atoms with Gasteiger partial charge in [-0.05, 0) is 41.3 Å². The predicted octanol–water partition coefficient (Wildman–Crippen LogP) is 4.82. The van der Waals surface area contributed by atoms with E-state index in [0.29, 0.717) is 24.9 Å². The number of hydrogen-bond acceptors (Lipinski definition) is 4. The fourth-order valence-electron chi connectivity index (χ4n) is 2.83. The molecule has 154 valence electrons. The van der Waals surface area contributed by atoms with E-state index in [1.165, 1.54) is 6.26 Å². The normalized spacial score (nSPS) is 11.8. The molecular formula is C20H18F4N2O2S. The van der Waals surface area contributed by atoms with Gasteiger partial charge < -0.3 is 9.73 Å². The maximum absolute atomic E-state index is 13.2. The van der Waals surface area contributed by atoms with Crippen molar-refractivity contribution in [2.75, 3.05) is 6.54 Å². The van der Waals surface area contributed by atoms with E-state index in [1.807, 2.05) is 22.4 Å². The Balaban J connectivity index is 1.64. The van der Waals surface area contributed by atoms with Crippen molar-refractivity contribution < 1.29 is 26.8 Å². The van der Waals surface area contributed by atoms with Gasteiger partial charge in [0.05, 0.1) is 24.9 Å². The molecule has 0 fully saturated rings. The molecule has 3 rings (SSSR count). The van der Waals surface area contributed by atoms with Crippen molar-refractivity contribution >= 4 is 17.2 Å². The van der Waals surface area contributed by atoms with Crippen molar-refractivity contribution in [3.05, 3.63) is 81.7 Å². The quantitative estimate of drug-likeness (QED) is 0.526. The maximum Gasteiger partial charge on any atom is 0.416 e. The molecule has 3 aromatic rings. The Labute approximate surface area is 168 Å². The largest absolute Gasteiger partial charge is 0.468 e. The maximum atomic E-state index is 13.2. The van der Waals surface area contributed by atoms with Crippen LogP contribution in [0, 0.1) is 5.82 Å². The second-order valence-corrected chi connectivity index (χ2v) is 7.41. The summed E-state index contributed by atoms with van der Waals surface area (Å²) < 4.78 is 57.8. The lowest BCUT2D eigenvalue weighted by Gasteiger charge is -2.20. The van der Waals surface area contributed by atoms with Crippen molar-refractivity contribution in [2.45, 2.75) is 25.8 Å². The molecule has 0 saturated heterocycles. The molecule has 1 N–H and O–H groups in total. The zero-order valence-corrected chi connectivity index (χ0v) is 16.0. The molecule has 0 aliphatic heterocycles. The molecule has 9 heteroatoms. The number of amides is 1. The second-order valence-electron chi connectivity index (χ2n) is 6.38. The summed E-state index contributed by atoms with van der Waals surface area (Å²) in [6.45, 7) is 0.501. The third-order valence-corrected chi connectivity index (χ3v) is 5.00. The number of thiophene rings is 1. The van der Waals surface area contributed by atoms with E-state index in [4.69, 9.17) is 4.42 Å². The summed E-state index contributed by atoms with van der Waals surface area (Å²) in [4.78, 5) is 15.2. The zero-order valence-electron chi connectivity index (χ0n) is 15.2. The molecular weight excluding hydrogens is 408 g/mol. The van der Waals surface area contributed by atoms with Gasteiger partial charge in [0.2, 0.25) is 5.91 Å². The number of nitrogens with one attached hydrogen (secondary N) is 1. The molecule has 1 amide bonds. The van der Waals surface area contributed by atoms with Crippen molar-refractivity contribution in [2.24, 2.45) is 0 Å². The number of carbonyl (C=O) groups excluding carboxylic acids is 1. The first-order valence-electron chi connectivity index (χ1n) is 8.70. The molecule has 0 unspecified atom stereocenters. The average molecular weight is 426 g/mol. The van der Waals surface area contributed by atoms with E-state index in [-0.39, 0.29) is 18.7 Å². The van der Waals surface area contributed by atoms with Gasteiger partial charge in [0, 0.05) is 18.0 Å². The number of furan rings is 1. The first-order chi connectivity index (χ1) is 13.8. The lowest BCUT2D eigenvalue weighted by atomic mass is 10.1. The molecule has 0 saturated carbocycles.